The monoisotopic (exact) mass is 312 g/mol. The van der Waals surface area contributed by atoms with Crippen molar-refractivity contribution >= 4 is 17.1 Å². The summed E-state index contributed by atoms with van der Waals surface area (Å²) in [5.74, 6) is 0. The molecule has 2 nitrogen and oxygen atoms in total. The molecule has 0 N–H and O–H groups in total. The first-order chi connectivity index (χ1) is 11.7. The average Bonchev–Trinajstić information content (AvgIpc) is 2.87. The Kier molecular flexibility index (Phi) is 3.46. The normalized spacial score (nSPS) is 21.1. The van der Waals surface area contributed by atoms with Crippen LogP contribution in [0.4, 0.5) is 11.4 Å². The Hall–Kier alpha value is -2.87. The summed E-state index contributed by atoms with van der Waals surface area (Å²) in [6.45, 7) is 2.25. The standard InChI is InChI=1S/C22H20N2/c1-22(17-11-5-3-6-12-17)21(23-18-13-7-4-8-14-18)19-15-9-10-16-20(19)24(22)2/h3-16H,1-2H3. The molecule has 3 aromatic rings. The Morgan fingerprint density at radius 1 is 0.750 bits per heavy atom. The minimum atomic E-state index is -0.291. The SMILES string of the molecule is CN1c2ccccc2C(=Nc2ccccc2)C1(C)c1ccccc1. The second-order valence-corrected chi connectivity index (χ2v) is 6.31. The van der Waals surface area contributed by atoms with Crippen LogP contribution in [0.5, 0.6) is 0 Å². The van der Waals surface area contributed by atoms with Crippen molar-refractivity contribution in [2.75, 3.05) is 11.9 Å². The Balaban J connectivity index is 1.97. The fourth-order valence-corrected chi connectivity index (χ4v) is 3.52. The van der Waals surface area contributed by atoms with Gasteiger partial charge in [0.25, 0.3) is 0 Å². The first-order valence-corrected chi connectivity index (χ1v) is 8.24. The number of rotatable bonds is 2. The predicted octanol–water partition coefficient (Wildman–Crippen LogP) is 5.17. The van der Waals surface area contributed by atoms with Crippen molar-refractivity contribution in [3.8, 4) is 0 Å². The van der Waals surface area contributed by atoms with E-state index in [1.54, 1.807) is 0 Å². The van der Waals surface area contributed by atoms with E-state index in [4.69, 9.17) is 4.99 Å². The van der Waals surface area contributed by atoms with Crippen LogP contribution in [-0.2, 0) is 5.54 Å². The summed E-state index contributed by atoms with van der Waals surface area (Å²) in [5.41, 5.74) is 5.46. The number of nitrogens with zero attached hydrogens (tertiary/aromatic N) is 2. The second-order valence-electron chi connectivity index (χ2n) is 6.31. The minimum Gasteiger partial charge on any atom is -0.359 e. The van der Waals surface area contributed by atoms with Gasteiger partial charge in [0, 0.05) is 18.3 Å². The van der Waals surface area contributed by atoms with Gasteiger partial charge in [-0.2, -0.15) is 0 Å². The van der Waals surface area contributed by atoms with E-state index in [1.165, 1.54) is 16.8 Å². The van der Waals surface area contributed by atoms with E-state index in [0.29, 0.717) is 0 Å². The number of benzene rings is 3. The van der Waals surface area contributed by atoms with Crippen molar-refractivity contribution in [2.45, 2.75) is 12.5 Å². The van der Waals surface area contributed by atoms with Crippen LogP contribution in [0.15, 0.2) is 89.9 Å². The molecule has 1 unspecified atom stereocenters. The molecular formula is C22H20N2. The number of para-hydroxylation sites is 2. The molecule has 1 atom stereocenters. The maximum atomic E-state index is 5.05. The van der Waals surface area contributed by atoms with Gasteiger partial charge in [-0.15, -0.1) is 0 Å². The molecule has 1 aliphatic rings. The third kappa shape index (κ3) is 2.15. The van der Waals surface area contributed by atoms with E-state index in [1.807, 2.05) is 18.2 Å². The molecule has 118 valence electrons. The molecule has 0 saturated carbocycles. The number of hydrogen-bond donors (Lipinski definition) is 0. The average molecular weight is 312 g/mol. The fraction of sp³-hybridized carbons (Fsp3) is 0.136. The zero-order valence-electron chi connectivity index (χ0n) is 14.0. The Morgan fingerprint density at radius 3 is 2.04 bits per heavy atom. The first kappa shape index (κ1) is 14.7. The summed E-state index contributed by atoms with van der Waals surface area (Å²) in [6.07, 6.45) is 0. The Labute approximate surface area is 143 Å². The zero-order valence-corrected chi connectivity index (χ0v) is 14.0. The van der Waals surface area contributed by atoms with Crippen LogP contribution in [0.3, 0.4) is 0 Å². The van der Waals surface area contributed by atoms with Crippen LogP contribution in [0.2, 0.25) is 0 Å². The molecule has 0 spiro atoms. The molecule has 0 fully saturated rings. The highest BCUT2D eigenvalue weighted by Gasteiger charge is 2.44. The summed E-state index contributed by atoms with van der Waals surface area (Å²) in [5, 5.41) is 0. The van der Waals surface area contributed by atoms with Crippen LogP contribution in [0.25, 0.3) is 0 Å². The van der Waals surface area contributed by atoms with Crippen molar-refractivity contribution in [3.63, 3.8) is 0 Å². The second kappa shape index (κ2) is 5.64. The van der Waals surface area contributed by atoms with Crippen molar-refractivity contribution in [1.82, 2.24) is 0 Å². The number of hydrogen-bond acceptors (Lipinski definition) is 2. The molecule has 2 heteroatoms. The highest BCUT2D eigenvalue weighted by molar-refractivity contribution is 6.18. The number of aliphatic imine (C=N–C) groups is 1. The van der Waals surface area contributed by atoms with Gasteiger partial charge >= 0.3 is 0 Å². The zero-order chi connectivity index (χ0) is 16.6. The minimum absolute atomic E-state index is 0.291. The highest BCUT2D eigenvalue weighted by Crippen LogP contribution is 2.44. The van der Waals surface area contributed by atoms with Crippen molar-refractivity contribution in [1.29, 1.82) is 0 Å². The van der Waals surface area contributed by atoms with Crippen molar-refractivity contribution in [3.05, 3.63) is 96.1 Å². The topological polar surface area (TPSA) is 15.6 Å². The van der Waals surface area contributed by atoms with Crippen molar-refractivity contribution < 1.29 is 0 Å². The van der Waals surface area contributed by atoms with E-state index >= 15 is 0 Å². The molecule has 0 radical (unpaired) electrons. The quantitative estimate of drug-likeness (QED) is 0.637. The van der Waals surface area contributed by atoms with E-state index in [-0.39, 0.29) is 5.54 Å². The summed E-state index contributed by atoms with van der Waals surface area (Å²) < 4.78 is 0. The summed E-state index contributed by atoms with van der Waals surface area (Å²) in [7, 11) is 2.15. The lowest BCUT2D eigenvalue weighted by Crippen LogP contribution is -2.43. The molecule has 0 saturated heterocycles. The number of anilines is 1. The lowest BCUT2D eigenvalue weighted by Gasteiger charge is -2.35. The van der Waals surface area contributed by atoms with Crippen molar-refractivity contribution in [2.24, 2.45) is 4.99 Å². The summed E-state index contributed by atoms with van der Waals surface area (Å²) >= 11 is 0. The third-order valence-corrected chi connectivity index (χ3v) is 4.99. The van der Waals surface area contributed by atoms with E-state index in [9.17, 15) is 0 Å². The summed E-state index contributed by atoms with van der Waals surface area (Å²) in [6, 6.07) is 29.3. The summed E-state index contributed by atoms with van der Waals surface area (Å²) in [4.78, 5) is 7.39. The molecule has 1 aliphatic heterocycles. The molecule has 0 bridgehead atoms. The van der Waals surface area contributed by atoms with Crippen LogP contribution in [0.1, 0.15) is 18.1 Å². The molecule has 24 heavy (non-hydrogen) atoms. The maximum Gasteiger partial charge on any atom is 0.105 e. The smallest absolute Gasteiger partial charge is 0.105 e. The van der Waals surface area contributed by atoms with E-state index < -0.39 is 0 Å². The first-order valence-electron chi connectivity index (χ1n) is 8.24. The molecule has 0 aliphatic carbocycles. The number of fused-ring (bicyclic) bond motifs is 1. The molecule has 4 rings (SSSR count). The van der Waals surface area contributed by atoms with Gasteiger partial charge in [0.15, 0.2) is 0 Å². The van der Waals surface area contributed by atoms with E-state index in [0.717, 1.165) is 11.4 Å². The predicted molar refractivity (Wildman–Crippen MR) is 101 cm³/mol. The fourth-order valence-electron chi connectivity index (χ4n) is 3.52. The number of likely N-dealkylation sites (N-methyl/N-ethyl adjacent to an activating group) is 1. The lowest BCUT2D eigenvalue weighted by atomic mass is 9.86. The molecule has 0 amide bonds. The third-order valence-electron chi connectivity index (χ3n) is 4.99. The maximum absolute atomic E-state index is 5.05. The highest BCUT2D eigenvalue weighted by atomic mass is 15.2. The van der Waals surface area contributed by atoms with E-state index in [2.05, 4.69) is 85.6 Å². The largest absolute Gasteiger partial charge is 0.359 e. The van der Waals surface area contributed by atoms with Gasteiger partial charge in [-0.3, -0.25) is 0 Å². The Morgan fingerprint density at radius 2 is 1.33 bits per heavy atom. The van der Waals surface area contributed by atoms with Gasteiger partial charge in [-0.25, -0.2) is 4.99 Å². The van der Waals surface area contributed by atoms with Crippen LogP contribution in [-0.4, -0.2) is 12.8 Å². The van der Waals surface area contributed by atoms with Gasteiger partial charge in [0.1, 0.15) is 5.54 Å². The molecular weight excluding hydrogens is 292 g/mol. The van der Waals surface area contributed by atoms with Gasteiger partial charge in [-0.1, -0.05) is 66.7 Å². The Bertz CT molecular complexity index is 884. The van der Waals surface area contributed by atoms with Crippen LogP contribution in [0, 0.1) is 0 Å². The molecule has 1 heterocycles. The van der Waals surface area contributed by atoms with Gasteiger partial charge < -0.3 is 4.90 Å². The van der Waals surface area contributed by atoms with Gasteiger partial charge in [-0.05, 0) is 30.7 Å². The van der Waals surface area contributed by atoms with Crippen LogP contribution < -0.4 is 4.90 Å². The van der Waals surface area contributed by atoms with Gasteiger partial charge in [0.05, 0.1) is 11.4 Å². The molecule has 3 aromatic carbocycles. The molecule has 0 aromatic heterocycles. The lowest BCUT2D eigenvalue weighted by molar-refractivity contribution is 0.640. The van der Waals surface area contributed by atoms with Gasteiger partial charge in [0.2, 0.25) is 0 Å². The van der Waals surface area contributed by atoms with Crippen LogP contribution >= 0.6 is 0 Å².